The largest absolute Gasteiger partial charge is 0.346 e. The van der Waals surface area contributed by atoms with Gasteiger partial charge >= 0.3 is 5.69 Å². The maximum Gasteiger partial charge on any atom is 0.326 e. The Morgan fingerprint density at radius 3 is 2.68 bits per heavy atom. The Morgan fingerprint density at radius 2 is 1.96 bits per heavy atom. The predicted molar refractivity (Wildman–Crippen MR) is 95.9 cm³/mol. The summed E-state index contributed by atoms with van der Waals surface area (Å²) < 4.78 is 0. The van der Waals surface area contributed by atoms with Crippen LogP contribution < -0.4 is 16.6 Å². The van der Waals surface area contributed by atoms with Crippen LogP contribution in [-0.4, -0.2) is 20.9 Å². The minimum Gasteiger partial charge on any atom is -0.346 e. The van der Waals surface area contributed by atoms with Gasteiger partial charge in [-0.15, -0.1) is 11.3 Å². The van der Waals surface area contributed by atoms with E-state index in [1.807, 2.05) is 43.1 Å². The van der Waals surface area contributed by atoms with Crippen LogP contribution in [0.2, 0.25) is 0 Å². The molecular weight excluding hydrogens is 340 g/mol. The molecule has 0 spiro atoms. The van der Waals surface area contributed by atoms with Crippen molar-refractivity contribution in [3.05, 3.63) is 73.0 Å². The fourth-order valence-electron chi connectivity index (χ4n) is 2.37. The quantitative estimate of drug-likeness (QED) is 0.661. The van der Waals surface area contributed by atoms with Crippen molar-refractivity contribution < 1.29 is 4.79 Å². The molecule has 0 fully saturated rings. The molecule has 0 saturated carbocycles. The first-order chi connectivity index (χ1) is 11.9. The van der Waals surface area contributed by atoms with E-state index in [2.05, 4.69) is 15.3 Å². The van der Waals surface area contributed by atoms with Crippen LogP contribution in [0.4, 0.5) is 0 Å². The van der Waals surface area contributed by atoms with Gasteiger partial charge in [-0.25, -0.2) is 9.78 Å². The van der Waals surface area contributed by atoms with Gasteiger partial charge in [0.15, 0.2) is 0 Å². The molecule has 25 heavy (non-hydrogen) atoms. The van der Waals surface area contributed by atoms with Gasteiger partial charge in [-0.2, -0.15) is 0 Å². The number of aromatic amines is 2. The molecule has 0 aliphatic heterocycles. The molecule has 0 aliphatic rings. The van der Waals surface area contributed by atoms with Gasteiger partial charge in [0, 0.05) is 16.5 Å². The highest BCUT2D eigenvalue weighted by Crippen LogP contribution is 2.29. The number of benzene rings is 1. The molecule has 2 heterocycles. The maximum absolute atomic E-state index is 12.1. The SMILES string of the molecule is Cc1ccccc1-c1nc(C)c(CNC(=O)c2cc(=O)[nH]c(=O)[nH]2)s1. The second-order valence-electron chi connectivity index (χ2n) is 5.53. The molecule has 1 amide bonds. The fraction of sp³-hybridized carbons (Fsp3) is 0.176. The fourth-order valence-corrected chi connectivity index (χ4v) is 3.46. The summed E-state index contributed by atoms with van der Waals surface area (Å²) in [5.74, 6) is -0.520. The molecule has 0 unspecified atom stereocenters. The highest BCUT2D eigenvalue weighted by Gasteiger charge is 2.13. The highest BCUT2D eigenvalue weighted by molar-refractivity contribution is 7.15. The van der Waals surface area contributed by atoms with E-state index in [0.29, 0.717) is 0 Å². The van der Waals surface area contributed by atoms with Gasteiger partial charge < -0.3 is 10.3 Å². The summed E-state index contributed by atoms with van der Waals surface area (Å²) in [5, 5.41) is 3.59. The van der Waals surface area contributed by atoms with E-state index in [1.54, 1.807) is 0 Å². The molecule has 7 nitrogen and oxygen atoms in total. The number of amides is 1. The van der Waals surface area contributed by atoms with Crippen molar-refractivity contribution in [1.29, 1.82) is 0 Å². The number of aryl methyl sites for hydroxylation is 2. The van der Waals surface area contributed by atoms with Crippen molar-refractivity contribution in [3.63, 3.8) is 0 Å². The van der Waals surface area contributed by atoms with E-state index < -0.39 is 17.2 Å². The van der Waals surface area contributed by atoms with E-state index >= 15 is 0 Å². The molecule has 0 radical (unpaired) electrons. The van der Waals surface area contributed by atoms with Gasteiger partial charge in [0.2, 0.25) is 0 Å². The van der Waals surface area contributed by atoms with Crippen molar-refractivity contribution in [2.45, 2.75) is 20.4 Å². The molecule has 8 heteroatoms. The molecule has 3 aromatic rings. The Kier molecular flexibility index (Phi) is 4.62. The third-order valence-electron chi connectivity index (χ3n) is 3.68. The van der Waals surface area contributed by atoms with E-state index in [9.17, 15) is 14.4 Å². The van der Waals surface area contributed by atoms with Crippen LogP contribution in [0, 0.1) is 13.8 Å². The first kappa shape index (κ1) is 16.8. The summed E-state index contributed by atoms with van der Waals surface area (Å²) in [4.78, 5) is 44.4. The molecule has 0 saturated heterocycles. The second-order valence-corrected chi connectivity index (χ2v) is 6.61. The molecule has 128 valence electrons. The second kappa shape index (κ2) is 6.86. The van der Waals surface area contributed by atoms with Crippen LogP contribution in [0.15, 0.2) is 39.9 Å². The number of carbonyl (C=O) groups excluding carboxylic acids is 1. The van der Waals surface area contributed by atoms with Crippen molar-refractivity contribution in [2.24, 2.45) is 0 Å². The summed E-state index contributed by atoms with van der Waals surface area (Å²) in [6.07, 6.45) is 0. The summed E-state index contributed by atoms with van der Waals surface area (Å²) in [6, 6.07) is 9.02. The Hall–Kier alpha value is -3.00. The molecule has 0 bridgehead atoms. The van der Waals surface area contributed by atoms with E-state index in [4.69, 9.17) is 0 Å². The smallest absolute Gasteiger partial charge is 0.326 e. The van der Waals surface area contributed by atoms with Gasteiger partial charge in [0.1, 0.15) is 10.7 Å². The minimum atomic E-state index is -0.714. The maximum atomic E-state index is 12.1. The Morgan fingerprint density at radius 1 is 1.20 bits per heavy atom. The average molecular weight is 356 g/mol. The number of nitrogens with one attached hydrogen (secondary N) is 3. The summed E-state index contributed by atoms with van der Waals surface area (Å²) >= 11 is 1.50. The van der Waals surface area contributed by atoms with Gasteiger partial charge in [0.25, 0.3) is 11.5 Å². The minimum absolute atomic E-state index is 0.0740. The highest BCUT2D eigenvalue weighted by atomic mass is 32.1. The van der Waals surface area contributed by atoms with E-state index in [-0.39, 0.29) is 12.2 Å². The number of aromatic nitrogens is 3. The third kappa shape index (κ3) is 3.74. The molecule has 2 aromatic heterocycles. The number of hydrogen-bond donors (Lipinski definition) is 3. The van der Waals surface area contributed by atoms with Gasteiger partial charge in [0.05, 0.1) is 12.2 Å². The molecule has 0 aliphatic carbocycles. The number of rotatable bonds is 4. The van der Waals surface area contributed by atoms with Crippen LogP contribution in [-0.2, 0) is 6.54 Å². The molecule has 3 rings (SSSR count). The number of carbonyl (C=O) groups is 1. The number of thiazole rings is 1. The molecular formula is C17H16N4O3S. The lowest BCUT2D eigenvalue weighted by molar-refractivity contribution is 0.0945. The van der Waals surface area contributed by atoms with Crippen LogP contribution >= 0.6 is 11.3 Å². The molecule has 0 atom stereocenters. The number of nitrogens with zero attached hydrogens (tertiary/aromatic N) is 1. The van der Waals surface area contributed by atoms with Crippen molar-refractivity contribution in [3.8, 4) is 10.6 Å². The number of hydrogen-bond acceptors (Lipinski definition) is 5. The van der Waals surface area contributed by atoms with Crippen molar-refractivity contribution in [1.82, 2.24) is 20.3 Å². The van der Waals surface area contributed by atoms with Crippen molar-refractivity contribution >= 4 is 17.2 Å². The zero-order chi connectivity index (χ0) is 18.0. The Balaban J connectivity index is 1.78. The number of H-pyrrole nitrogens is 2. The summed E-state index contributed by atoms with van der Waals surface area (Å²) in [7, 11) is 0. The van der Waals surface area contributed by atoms with E-state index in [1.165, 1.54) is 11.3 Å². The van der Waals surface area contributed by atoms with Crippen LogP contribution in [0.1, 0.15) is 26.6 Å². The Labute approximate surface area is 146 Å². The van der Waals surface area contributed by atoms with Crippen LogP contribution in [0.5, 0.6) is 0 Å². The molecule has 3 N–H and O–H groups in total. The first-order valence-electron chi connectivity index (χ1n) is 7.58. The van der Waals surface area contributed by atoms with Crippen molar-refractivity contribution in [2.75, 3.05) is 0 Å². The van der Waals surface area contributed by atoms with Crippen LogP contribution in [0.25, 0.3) is 10.6 Å². The zero-order valence-electron chi connectivity index (χ0n) is 13.7. The van der Waals surface area contributed by atoms with Gasteiger partial charge in [-0.3, -0.25) is 14.6 Å². The van der Waals surface area contributed by atoms with Gasteiger partial charge in [-0.1, -0.05) is 24.3 Å². The summed E-state index contributed by atoms with van der Waals surface area (Å²) in [5.41, 5.74) is 1.62. The topological polar surface area (TPSA) is 108 Å². The lowest BCUT2D eigenvalue weighted by Crippen LogP contribution is -2.30. The summed E-state index contributed by atoms with van der Waals surface area (Å²) in [6.45, 7) is 4.18. The first-order valence-corrected chi connectivity index (χ1v) is 8.40. The zero-order valence-corrected chi connectivity index (χ0v) is 14.5. The molecule has 1 aromatic carbocycles. The lowest BCUT2D eigenvalue weighted by Gasteiger charge is -2.03. The van der Waals surface area contributed by atoms with Gasteiger partial charge in [-0.05, 0) is 19.4 Å². The normalized spacial score (nSPS) is 10.6. The monoisotopic (exact) mass is 356 g/mol. The average Bonchev–Trinajstić information content (AvgIpc) is 2.93. The standard InChI is InChI=1S/C17H16N4O3S/c1-9-5-3-4-6-11(9)16-19-10(2)13(25-16)8-18-15(23)12-7-14(22)21-17(24)20-12/h3-7H,8H2,1-2H3,(H,18,23)(H2,20,21,22,24). The predicted octanol–water partition coefficient (Wildman–Crippen LogP) is 1.73. The Bertz CT molecular complexity index is 1020. The third-order valence-corrected chi connectivity index (χ3v) is 4.87. The van der Waals surface area contributed by atoms with Crippen LogP contribution in [0.3, 0.4) is 0 Å². The lowest BCUT2D eigenvalue weighted by atomic mass is 10.1. The van der Waals surface area contributed by atoms with E-state index in [0.717, 1.165) is 32.8 Å².